The van der Waals surface area contributed by atoms with Crippen molar-refractivity contribution in [3.63, 3.8) is 0 Å². The standard InChI is InChI=1S/C17H25N3S/c21-20-17-14(9-6-12-19-17)16(13-7-2-1-3-8-13)15-10-4-5-11-18-15/h4-6,9-10,12-13,16-21H,1-3,7-8,11H2. The molecule has 1 aliphatic carbocycles. The molecule has 2 unspecified atom stereocenters. The highest BCUT2D eigenvalue weighted by atomic mass is 32.1. The second-order valence-electron chi connectivity index (χ2n) is 6.06. The van der Waals surface area contributed by atoms with Crippen LogP contribution in [0.2, 0.25) is 0 Å². The van der Waals surface area contributed by atoms with Crippen molar-refractivity contribution >= 4 is 12.8 Å². The molecule has 1 saturated carbocycles. The molecule has 3 rings (SSSR count). The van der Waals surface area contributed by atoms with Gasteiger partial charge in [-0.1, -0.05) is 50.3 Å². The molecule has 0 aromatic rings. The van der Waals surface area contributed by atoms with E-state index in [1.165, 1.54) is 43.4 Å². The van der Waals surface area contributed by atoms with Gasteiger partial charge >= 0.3 is 0 Å². The van der Waals surface area contributed by atoms with Gasteiger partial charge < -0.3 is 10.6 Å². The van der Waals surface area contributed by atoms with Gasteiger partial charge in [0, 0.05) is 18.2 Å². The van der Waals surface area contributed by atoms with E-state index in [1.807, 2.05) is 6.20 Å². The van der Waals surface area contributed by atoms with Gasteiger partial charge in [0.1, 0.15) is 6.17 Å². The first kappa shape index (κ1) is 14.8. The van der Waals surface area contributed by atoms with E-state index in [4.69, 9.17) is 0 Å². The molecule has 2 atom stereocenters. The lowest BCUT2D eigenvalue weighted by Gasteiger charge is -2.38. The van der Waals surface area contributed by atoms with E-state index in [1.54, 1.807) is 0 Å². The lowest BCUT2D eigenvalue weighted by molar-refractivity contribution is 0.284. The number of hydrogen-bond acceptors (Lipinski definition) is 4. The third kappa shape index (κ3) is 3.38. The summed E-state index contributed by atoms with van der Waals surface area (Å²) in [5.41, 5.74) is 2.76. The molecule has 3 aliphatic rings. The van der Waals surface area contributed by atoms with Gasteiger partial charge in [0.05, 0.1) is 0 Å². The van der Waals surface area contributed by atoms with Crippen LogP contribution in [0.25, 0.3) is 0 Å². The third-order valence-corrected chi connectivity index (χ3v) is 5.02. The van der Waals surface area contributed by atoms with Crippen molar-refractivity contribution < 1.29 is 0 Å². The molecule has 0 bridgehead atoms. The summed E-state index contributed by atoms with van der Waals surface area (Å²) in [7, 11) is 0. The highest BCUT2D eigenvalue weighted by molar-refractivity contribution is 7.78. The fraction of sp³-hybridized carbons (Fsp3) is 0.529. The van der Waals surface area contributed by atoms with Crippen molar-refractivity contribution in [2.45, 2.75) is 38.3 Å². The van der Waals surface area contributed by atoms with Gasteiger partial charge in [-0.3, -0.25) is 0 Å². The van der Waals surface area contributed by atoms with E-state index >= 15 is 0 Å². The van der Waals surface area contributed by atoms with Crippen molar-refractivity contribution in [1.82, 2.24) is 15.4 Å². The van der Waals surface area contributed by atoms with Gasteiger partial charge in [-0.05, 0) is 42.7 Å². The molecule has 0 saturated heterocycles. The number of rotatable bonds is 4. The van der Waals surface area contributed by atoms with E-state index in [2.05, 4.69) is 58.6 Å². The highest BCUT2D eigenvalue weighted by Gasteiger charge is 2.33. The maximum absolute atomic E-state index is 4.30. The van der Waals surface area contributed by atoms with Crippen LogP contribution in [-0.2, 0) is 0 Å². The van der Waals surface area contributed by atoms with Crippen LogP contribution in [0.5, 0.6) is 0 Å². The molecular weight excluding hydrogens is 278 g/mol. The van der Waals surface area contributed by atoms with E-state index in [0.29, 0.717) is 5.92 Å². The Morgan fingerprint density at radius 2 is 2.00 bits per heavy atom. The van der Waals surface area contributed by atoms with Gasteiger partial charge in [0.25, 0.3) is 0 Å². The molecule has 21 heavy (non-hydrogen) atoms. The highest BCUT2D eigenvalue weighted by Crippen LogP contribution is 2.39. The molecule has 114 valence electrons. The summed E-state index contributed by atoms with van der Waals surface area (Å²) in [5, 5.41) is 6.96. The molecule has 0 amide bonds. The largest absolute Gasteiger partial charge is 0.384 e. The summed E-state index contributed by atoms with van der Waals surface area (Å²) in [6, 6.07) is 0. The summed E-state index contributed by atoms with van der Waals surface area (Å²) in [6.07, 6.45) is 19.8. The molecule has 1 fully saturated rings. The van der Waals surface area contributed by atoms with E-state index in [0.717, 1.165) is 12.5 Å². The number of nitrogens with one attached hydrogen (secondary N) is 3. The maximum atomic E-state index is 4.30. The summed E-state index contributed by atoms with van der Waals surface area (Å²) in [5.74, 6) is 1.19. The van der Waals surface area contributed by atoms with Crippen molar-refractivity contribution in [2.75, 3.05) is 6.54 Å². The Kier molecular flexibility index (Phi) is 5.09. The number of allylic oxidation sites excluding steroid dienone is 5. The van der Waals surface area contributed by atoms with Crippen LogP contribution in [0.4, 0.5) is 0 Å². The Bertz CT molecular complexity index is 472. The minimum absolute atomic E-state index is 0.110. The summed E-state index contributed by atoms with van der Waals surface area (Å²) < 4.78 is 3.10. The van der Waals surface area contributed by atoms with Gasteiger partial charge in [0.2, 0.25) is 0 Å². The van der Waals surface area contributed by atoms with Crippen molar-refractivity contribution in [3.8, 4) is 0 Å². The van der Waals surface area contributed by atoms with Gasteiger partial charge in [-0.15, -0.1) is 0 Å². The molecule has 0 spiro atoms. The minimum Gasteiger partial charge on any atom is -0.384 e. The molecule has 2 aliphatic heterocycles. The molecule has 0 aromatic carbocycles. The Morgan fingerprint density at radius 3 is 2.71 bits per heavy atom. The third-order valence-electron chi connectivity index (χ3n) is 4.76. The lowest BCUT2D eigenvalue weighted by Crippen LogP contribution is -2.43. The van der Waals surface area contributed by atoms with Crippen LogP contribution in [0, 0.1) is 11.8 Å². The first-order valence-electron chi connectivity index (χ1n) is 8.03. The quantitative estimate of drug-likeness (QED) is 0.603. The van der Waals surface area contributed by atoms with Gasteiger partial charge in [-0.2, -0.15) is 0 Å². The summed E-state index contributed by atoms with van der Waals surface area (Å²) >= 11 is 4.30. The SMILES string of the molecule is SNC1NC=CC=C1C(C1=CC=CCN1)C1CCCCC1. The van der Waals surface area contributed by atoms with Crippen LogP contribution in [0.1, 0.15) is 32.1 Å². The zero-order chi connectivity index (χ0) is 14.5. The Labute approximate surface area is 133 Å². The van der Waals surface area contributed by atoms with Crippen molar-refractivity contribution in [2.24, 2.45) is 11.8 Å². The molecule has 4 heteroatoms. The zero-order valence-electron chi connectivity index (χ0n) is 12.4. The average molecular weight is 303 g/mol. The second kappa shape index (κ2) is 7.23. The zero-order valence-corrected chi connectivity index (χ0v) is 13.3. The number of dihydropyridines is 2. The monoisotopic (exact) mass is 303 g/mol. The Hall–Kier alpha value is -1.13. The van der Waals surface area contributed by atoms with Crippen LogP contribution < -0.4 is 15.4 Å². The Balaban J connectivity index is 1.90. The maximum Gasteiger partial charge on any atom is 0.108 e. The van der Waals surface area contributed by atoms with E-state index in [-0.39, 0.29) is 6.17 Å². The molecule has 3 nitrogen and oxygen atoms in total. The fourth-order valence-electron chi connectivity index (χ4n) is 3.76. The molecule has 3 N–H and O–H groups in total. The fourth-order valence-corrected chi connectivity index (χ4v) is 3.98. The van der Waals surface area contributed by atoms with Gasteiger partial charge in [-0.25, -0.2) is 4.72 Å². The van der Waals surface area contributed by atoms with E-state index < -0.39 is 0 Å². The first-order valence-corrected chi connectivity index (χ1v) is 8.48. The minimum atomic E-state index is 0.110. The molecule has 0 aromatic heterocycles. The lowest BCUT2D eigenvalue weighted by atomic mass is 9.73. The second-order valence-corrected chi connectivity index (χ2v) is 6.32. The van der Waals surface area contributed by atoms with Crippen LogP contribution in [-0.4, -0.2) is 12.7 Å². The molecule has 2 heterocycles. The number of hydrogen-bond donors (Lipinski definition) is 4. The van der Waals surface area contributed by atoms with Crippen LogP contribution in [0.3, 0.4) is 0 Å². The topological polar surface area (TPSA) is 36.1 Å². The van der Waals surface area contributed by atoms with Crippen LogP contribution in [0.15, 0.2) is 47.9 Å². The van der Waals surface area contributed by atoms with Gasteiger partial charge in [0.15, 0.2) is 0 Å². The smallest absolute Gasteiger partial charge is 0.108 e. The summed E-state index contributed by atoms with van der Waals surface area (Å²) in [6.45, 7) is 0.935. The van der Waals surface area contributed by atoms with Crippen molar-refractivity contribution in [1.29, 1.82) is 0 Å². The normalized spacial score (nSPS) is 27.4. The predicted octanol–water partition coefficient (Wildman–Crippen LogP) is 3.03. The predicted molar refractivity (Wildman–Crippen MR) is 91.6 cm³/mol. The van der Waals surface area contributed by atoms with Crippen LogP contribution >= 0.6 is 12.8 Å². The molecule has 0 radical (unpaired) electrons. The average Bonchev–Trinajstić information content (AvgIpc) is 2.58. The number of thiol groups is 1. The van der Waals surface area contributed by atoms with E-state index in [9.17, 15) is 0 Å². The molecular formula is C17H25N3S. The first-order chi connectivity index (χ1) is 10.4. The Morgan fingerprint density at radius 1 is 1.14 bits per heavy atom. The summed E-state index contributed by atoms with van der Waals surface area (Å²) in [4.78, 5) is 0. The van der Waals surface area contributed by atoms with Crippen molar-refractivity contribution in [3.05, 3.63) is 47.9 Å².